The van der Waals surface area contributed by atoms with Gasteiger partial charge in [-0.15, -0.1) is 9.24 Å². The van der Waals surface area contributed by atoms with Crippen LogP contribution < -0.4 is 5.30 Å². The summed E-state index contributed by atoms with van der Waals surface area (Å²) in [6.45, 7) is 13.2. The molecule has 0 heterocycles. The molecular weight excluding hydrogens is 371 g/mol. The van der Waals surface area contributed by atoms with Gasteiger partial charge < -0.3 is 5.11 Å². The first-order chi connectivity index (χ1) is 13.7. The Morgan fingerprint density at radius 1 is 0.966 bits per heavy atom. The molecule has 0 spiro atoms. The molecule has 3 unspecified atom stereocenters. The number of allylic oxidation sites excluding steroid dienone is 4. The molecule has 1 N–H and O–H groups in total. The normalized spacial score (nSPS) is 14.9. The maximum Gasteiger partial charge on any atom is 0.0515 e. The summed E-state index contributed by atoms with van der Waals surface area (Å²) in [7, 11) is 2.95. The highest BCUT2D eigenvalue weighted by atomic mass is 31.0. The fourth-order valence-corrected chi connectivity index (χ4v) is 4.16. The van der Waals surface area contributed by atoms with Crippen LogP contribution in [0, 0.1) is 19.8 Å². The smallest absolute Gasteiger partial charge is 0.0515 e. The Morgan fingerprint density at radius 2 is 1.55 bits per heavy atom. The molecule has 0 radical (unpaired) electrons. The Kier molecular flexibility index (Phi) is 12.8. The molecule has 1 aromatic carbocycles. The van der Waals surface area contributed by atoms with Gasteiger partial charge in [-0.2, -0.15) is 0 Å². The number of hydrogen-bond acceptors (Lipinski definition) is 1. The van der Waals surface area contributed by atoms with Crippen LogP contribution in [0.2, 0.25) is 0 Å². The van der Waals surface area contributed by atoms with Gasteiger partial charge in [0.2, 0.25) is 0 Å². The zero-order valence-electron chi connectivity index (χ0n) is 19.9. The number of hydrogen-bond donors (Lipinski definition) is 1. The van der Waals surface area contributed by atoms with Gasteiger partial charge in [0, 0.05) is 0 Å². The van der Waals surface area contributed by atoms with E-state index in [0.717, 1.165) is 18.8 Å². The maximum atomic E-state index is 9.32. The van der Waals surface area contributed by atoms with Crippen LogP contribution in [0.15, 0.2) is 35.4 Å². The molecule has 3 atom stereocenters. The summed E-state index contributed by atoms with van der Waals surface area (Å²) >= 11 is 0. The maximum absolute atomic E-state index is 9.32. The minimum absolute atomic E-state index is 0.185. The van der Waals surface area contributed by atoms with Crippen LogP contribution in [0.3, 0.4) is 0 Å². The monoisotopic (exact) mass is 416 g/mol. The number of benzene rings is 1. The SMILES string of the molecule is C/C(=C\CCC(C)O)CCC/C(C)=C/CCC(C)CCc1ccc(C)c(C)c1P. The second kappa shape index (κ2) is 14.2. The quantitative estimate of drug-likeness (QED) is 0.263. The summed E-state index contributed by atoms with van der Waals surface area (Å²) in [6, 6.07) is 4.57. The van der Waals surface area contributed by atoms with Gasteiger partial charge in [-0.25, -0.2) is 0 Å². The van der Waals surface area contributed by atoms with Crippen molar-refractivity contribution in [3.05, 3.63) is 52.1 Å². The molecule has 0 aliphatic heterocycles. The number of rotatable bonds is 13. The summed E-state index contributed by atoms with van der Waals surface area (Å²) < 4.78 is 0. The van der Waals surface area contributed by atoms with Gasteiger partial charge in [-0.05, 0) is 120 Å². The first-order valence-electron chi connectivity index (χ1n) is 11.5. The van der Waals surface area contributed by atoms with E-state index in [2.05, 4.69) is 68.1 Å². The highest BCUT2D eigenvalue weighted by Gasteiger charge is 2.07. The highest BCUT2D eigenvalue weighted by Crippen LogP contribution is 2.19. The topological polar surface area (TPSA) is 20.2 Å². The lowest BCUT2D eigenvalue weighted by molar-refractivity contribution is 0.186. The van der Waals surface area contributed by atoms with E-state index < -0.39 is 0 Å². The first kappa shape index (κ1) is 26.1. The molecule has 0 aliphatic carbocycles. The van der Waals surface area contributed by atoms with E-state index >= 15 is 0 Å². The fraction of sp³-hybridized carbons (Fsp3) is 0.630. The van der Waals surface area contributed by atoms with Gasteiger partial charge in [-0.3, -0.25) is 0 Å². The van der Waals surface area contributed by atoms with E-state index in [4.69, 9.17) is 0 Å². The van der Waals surface area contributed by atoms with Crippen molar-refractivity contribution in [3.63, 3.8) is 0 Å². The van der Waals surface area contributed by atoms with E-state index in [0.29, 0.717) is 0 Å². The molecule has 1 rings (SSSR count). The van der Waals surface area contributed by atoms with Gasteiger partial charge in [-0.1, -0.05) is 42.4 Å². The zero-order valence-corrected chi connectivity index (χ0v) is 21.0. The second-order valence-electron chi connectivity index (χ2n) is 9.18. The molecule has 0 aliphatic rings. The summed E-state index contributed by atoms with van der Waals surface area (Å²) in [6.07, 6.45) is 15.0. The van der Waals surface area contributed by atoms with Gasteiger partial charge in [0.1, 0.15) is 0 Å². The third-order valence-electron chi connectivity index (χ3n) is 6.15. The van der Waals surface area contributed by atoms with Crippen molar-refractivity contribution in [1.82, 2.24) is 0 Å². The number of aryl methyl sites for hydroxylation is 2. The third kappa shape index (κ3) is 11.2. The van der Waals surface area contributed by atoms with Crippen LogP contribution in [0.1, 0.15) is 95.8 Å². The van der Waals surface area contributed by atoms with Crippen LogP contribution in [0.25, 0.3) is 0 Å². The highest BCUT2D eigenvalue weighted by molar-refractivity contribution is 7.27. The van der Waals surface area contributed by atoms with Crippen LogP contribution in [-0.2, 0) is 6.42 Å². The van der Waals surface area contributed by atoms with Crippen LogP contribution >= 0.6 is 9.24 Å². The Hall–Kier alpha value is -0.910. The molecule has 0 bridgehead atoms. The largest absolute Gasteiger partial charge is 0.393 e. The van der Waals surface area contributed by atoms with E-state index in [1.807, 2.05) is 6.92 Å². The minimum atomic E-state index is -0.185. The fourth-order valence-electron chi connectivity index (χ4n) is 3.69. The molecule has 0 saturated heterocycles. The molecule has 0 aromatic heterocycles. The van der Waals surface area contributed by atoms with Gasteiger partial charge in [0.25, 0.3) is 0 Å². The lowest BCUT2D eigenvalue weighted by Crippen LogP contribution is -2.09. The Bertz CT molecular complexity index is 669. The molecule has 0 saturated carbocycles. The Labute approximate surface area is 183 Å². The lowest BCUT2D eigenvalue weighted by Gasteiger charge is -2.14. The van der Waals surface area contributed by atoms with E-state index in [-0.39, 0.29) is 6.10 Å². The predicted molar refractivity (Wildman–Crippen MR) is 134 cm³/mol. The van der Waals surface area contributed by atoms with Crippen molar-refractivity contribution >= 4 is 14.5 Å². The average Bonchev–Trinajstić information content (AvgIpc) is 2.65. The van der Waals surface area contributed by atoms with Gasteiger partial charge in [0.15, 0.2) is 0 Å². The first-order valence-corrected chi connectivity index (χ1v) is 12.1. The van der Waals surface area contributed by atoms with E-state index in [1.165, 1.54) is 78.1 Å². The number of aliphatic hydroxyl groups is 1. The summed E-state index contributed by atoms with van der Waals surface area (Å²) in [4.78, 5) is 0. The van der Waals surface area contributed by atoms with Crippen molar-refractivity contribution in [2.45, 2.75) is 105 Å². The molecule has 164 valence electrons. The summed E-state index contributed by atoms with van der Waals surface area (Å²) in [5.74, 6) is 0.768. The molecule has 0 amide bonds. The van der Waals surface area contributed by atoms with E-state index in [9.17, 15) is 5.11 Å². The lowest BCUT2D eigenvalue weighted by atomic mass is 9.94. The van der Waals surface area contributed by atoms with Crippen LogP contribution in [0.5, 0.6) is 0 Å². The van der Waals surface area contributed by atoms with Gasteiger partial charge in [0.05, 0.1) is 6.10 Å². The van der Waals surface area contributed by atoms with E-state index in [1.54, 1.807) is 0 Å². The van der Waals surface area contributed by atoms with Crippen molar-refractivity contribution < 1.29 is 5.11 Å². The molecule has 2 heteroatoms. The van der Waals surface area contributed by atoms with Gasteiger partial charge >= 0.3 is 0 Å². The van der Waals surface area contributed by atoms with Crippen LogP contribution in [-0.4, -0.2) is 11.2 Å². The Balaban J connectivity index is 2.26. The molecule has 1 aromatic rings. The molecular formula is C27H45OP. The average molecular weight is 417 g/mol. The second-order valence-corrected chi connectivity index (χ2v) is 9.76. The number of aliphatic hydroxyl groups excluding tert-OH is 1. The van der Waals surface area contributed by atoms with Crippen LogP contribution in [0.4, 0.5) is 0 Å². The summed E-state index contributed by atoms with van der Waals surface area (Å²) in [5.41, 5.74) is 7.31. The minimum Gasteiger partial charge on any atom is -0.393 e. The van der Waals surface area contributed by atoms with Crippen molar-refractivity contribution in [3.8, 4) is 0 Å². The van der Waals surface area contributed by atoms with Crippen molar-refractivity contribution in [1.29, 1.82) is 0 Å². The Morgan fingerprint density at radius 3 is 2.14 bits per heavy atom. The molecule has 29 heavy (non-hydrogen) atoms. The standard InChI is InChI=1S/C27H45OP/c1-20(10-7-11-21(2)14-9-15-24(5)28)12-8-13-22(3)16-18-26-19-17-23(4)25(6)27(26)29/h12,14,17,19,22,24,28H,7-11,13,15-16,18,29H2,1-6H3/b20-12+,21-14+. The molecule has 0 fully saturated rings. The zero-order chi connectivity index (χ0) is 21.8. The predicted octanol–water partition coefficient (Wildman–Crippen LogP) is 7.38. The third-order valence-corrected chi connectivity index (χ3v) is 6.96. The van der Waals surface area contributed by atoms with Crippen molar-refractivity contribution in [2.24, 2.45) is 5.92 Å². The van der Waals surface area contributed by atoms with Crippen molar-refractivity contribution in [2.75, 3.05) is 0 Å². The summed E-state index contributed by atoms with van der Waals surface area (Å²) in [5, 5.41) is 10.7. The molecule has 1 nitrogen and oxygen atoms in total.